The van der Waals surface area contributed by atoms with Crippen LogP contribution in [0.25, 0.3) is 21.7 Å². The molecule has 0 spiro atoms. The van der Waals surface area contributed by atoms with Gasteiger partial charge in [-0.1, -0.05) is 5.11 Å². The fraction of sp³-hybridized carbons (Fsp3) is 0.111. The largest absolute Gasteiger partial charge is 0.278 e. The Kier molecular flexibility index (Phi) is 2.62. The highest BCUT2D eigenvalue weighted by Crippen LogP contribution is 2.20. The molecule has 0 aliphatic heterocycles. The first-order valence-electron chi connectivity index (χ1n) is 4.35. The van der Waals surface area contributed by atoms with E-state index in [9.17, 15) is 0 Å². The average Bonchev–Trinajstić information content (AvgIpc) is 2.75. The van der Waals surface area contributed by atoms with E-state index in [1.54, 1.807) is 18.6 Å². The molecule has 1 N–H and O–H groups in total. The standard InChI is InChI=1S/C9H8N6/c10-15-13-6-8-5-12-14-9(8)7-1-3-11-4-2-7/h1-5H,6H2,(H,12,14). The Balaban J connectivity index is 2.37. The number of nitrogens with one attached hydrogen (secondary N) is 1. The van der Waals surface area contributed by atoms with Gasteiger partial charge in [0.05, 0.1) is 18.4 Å². The van der Waals surface area contributed by atoms with Crippen molar-refractivity contribution in [2.45, 2.75) is 6.54 Å². The van der Waals surface area contributed by atoms with E-state index < -0.39 is 0 Å². The van der Waals surface area contributed by atoms with Gasteiger partial charge in [0.25, 0.3) is 0 Å². The van der Waals surface area contributed by atoms with Crippen LogP contribution >= 0.6 is 0 Å². The summed E-state index contributed by atoms with van der Waals surface area (Å²) in [5.74, 6) is 0. The lowest BCUT2D eigenvalue weighted by molar-refractivity contribution is 1.05. The van der Waals surface area contributed by atoms with Crippen molar-refractivity contribution in [3.8, 4) is 11.3 Å². The Morgan fingerprint density at radius 3 is 2.93 bits per heavy atom. The van der Waals surface area contributed by atoms with Gasteiger partial charge in [-0.15, -0.1) is 0 Å². The second kappa shape index (κ2) is 4.26. The zero-order valence-corrected chi connectivity index (χ0v) is 7.83. The van der Waals surface area contributed by atoms with Gasteiger partial charge < -0.3 is 0 Å². The lowest BCUT2D eigenvalue weighted by Crippen LogP contribution is -1.84. The van der Waals surface area contributed by atoms with Crippen molar-refractivity contribution in [1.82, 2.24) is 15.2 Å². The van der Waals surface area contributed by atoms with E-state index in [1.165, 1.54) is 0 Å². The predicted molar refractivity (Wildman–Crippen MR) is 54.7 cm³/mol. The smallest absolute Gasteiger partial charge is 0.0684 e. The highest BCUT2D eigenvalue weighted by Gasteiger charge is 2.05. The van der Waals surface area contributed by atoms with Gasteiger partial charge in [0.1, 0.15) is 0 Å². The van der Waals surface area contributed by atoms with Crippen LogP contribution in [0.1, 0.15) is 5.56 Å². The van der Waals surface area contributed by atoms with Crippen LogP contribution in [0.4, 0.5) is 0 Å². The van der Waals surface area contributed by atoms with Gasteiger partial charge in [0.15, 0.2) is 0 Å². The molecule has 0 saturated heterocycles. The van der Waals surface area contributed by atoms with Gasteiger partial charge in [-0.25, -0.2) is 0 Å². The number of hydrogen-bond acceptors (Lipinski definition) is 3. The zero-order valence-electron chi connectivity index (χ0n) is 7.83. The average molecular weight is 200 g/mol. The fourth-order valence-electron chi connectivity index (χ4n) is 1.31. The van der Waals surface area contributed by atoms with Crippen molar-refractivity contribution < 1.29 is 0 Å². The summed E-state index contributed by atoms with van der Waals surface area (Å²) in [6.45, 7) is 0.296. The van der Waals surface area contributed by atoms with E-state index in [0.717, 1.165) is 16.8 Å². The number of azide groups is 1. The molecule has 74 valence electrons. The van der Waals surface area contributed by atoms with Gasteiger partial charge in [0, 0.05) is 28.4 Å². The van der Waals surface area contributed by atoms with Crippen LogP contribution < -0.4 is 0 Å². The van der Waals surface area contributed by atoms with Gasteiger partial charge in [0.2, 0.25) is 0 Å². The third-order valence-electron chi connectivity index (χ3n) is 1.99. The Bertz CT molecular complexity index is 482. The molecule has 0 aliphatic rings. The predicted octanol–water partition coefficient (Wildman–Crippen LogP) is 2.28. The summed E-state index contributed by atoms with van der Waals surface area (Å²) in [5, 5.41) is 10.3. The van der Waals surface area contributed by atoms with Crippen molar-refractivity contribution in [3.63, 3.8) is 0 Å². The molecule has 0 aliphatic carbocycles. The molecule has 15 heavy (non-hydrogen) atoms. The lowest BCUT2D eigenvalue weighted by Gasteiger charge is -1.98. The van der Waals surface area contributed by atoms with Gasteiger partial charge in [-0.05, 0) is 17.7 Å². The van der Waals surface area contributed by atoms with Crippen molar-refractivity contribution in [3.05, 3.63) is 46.7 Å². The minimum Gasteiger partial charge on any atom is -0.278 e. The normalized spacial score (nSPS) is 9.60. The minimum atomic E-state index is 0.296. The maximum absolute atomic E-state index is 8.24. The SMILES string of the molecule is [N-]=[N+]=NCc1cn[nH]c1-c1ccncc1. The second-order valence-electron chi connectivity index (χ2n) is 2.90. The summed E-state index contributed by atoms with van der Waals surface area (Å²) in [5.41, 5.74) is 11.0. The van der Waals surface area contributed by atoms with E-state index >= 15 is 0 Å². The summed E-state index contributed by atoms with van der Waals surface area (Å²) in [6.07, 6.45) is 5.06. The first kappa shape index (κ1) is 9.23. The molecule has 6 nitrogen and oxygen atoms in total. The van der Waals surface area contributed by atoms with E-state index in [0.29, 0.717) is 6.54 Å². The Morgan fingerprint density at radius 2 is 2.20 bits per heavy atom. The monoisotopic (exact) mass is 200 g/mol. The van der Waals surface area contributed by atoms with Gasteiger partial charge >= 0.3 is 0 Å². The molecular formula is C9H8N6. The van der Waals surface area contributed by atoms with E-state index in [-0.39, 0.29) is 0 Å². The Hall–Kier alpha value is -2.33. The quantitative estimate of drug-likeness (QED) is 0.467. The van der Waals surface area contributed by atoms with E-state index in [4.69, 9.17) is 5.53 Å². The topological polar surface area (TPSA) is 90.3 Å². The third-order valence-corrected chi connectivity index (χ3v) is 1.99. The van der Waals surface area contributed by atoms with Gasteiger partial charge in [-0.2, -0.15) is 5.10 Å². The molecule has 6 heteroatoms. The summed E-state index contributed by atoms with van der Waals surface area (Å²) >= 11 is 0. The van der Waals surface area contributed by atoms with Crippen LogP contribution in [0.3, 0.4) is 0 Å². The number of hydrogen-bond donors (Lipinski definition) is 1. The molecule has 0 bridgehead atoms. The number of H-pyrrole nitrogens is 1. The zero-order chi connectivity index (χ0) is 10.5. The van der Waals surface area contributed by atoms with E-state index in [1.807, 2.05) is 12.1 Å². The first-order chi connectivity index (χ1) is 7.42. The molecule has 2 aromatic heterocycles. The van der Waals surface area contributed by atoms with Crippen LogP contribution in [0.5, 0.6) is 0 Å². The fourth-order valence-corrected chi connectivity index (χ4v) is 1.31. The second-order valence-corrected chi connectivity index (χ2v) is 2.90. The van der Waals surface area contributed by atoms with E-state index in [2.05, 4.69) is 25.2 Å². The highest BCUT2D eigenvalue weighted by atomic mass is 15.1. The molecule has 0 atom stereocenters. The summed E-state index contributed by atoms with van der Waals surface area (Å²) in [4.78, 5) is 6.65. The molecule has 0 unspecified atom stereocenters. The summed E-state index contributed by atoms with van der Waals surface area (Å²) in [6, 6.07) is 3.74. The maximum Gasteiger partial charge on any atom is 0.0684 e. The Morgan fingerprint density at radius 1 is 1.40 bits per heavy atom. The van der Waals surface area contributed by atoms with Crippen LogP contribution in [0, 0.1) is 0 Å². The van der Waals surface area contributed by atoms with Crippen molar-refractivity contribution in [2.75, 3.05) is 0 Å². The number of aromatic amines is 1. The maximum atomic E-state index is 8.24. The van der Waals surface area contributed by atoms with Crippen LogP contribution in [-0.2, 0) is 6.54 Å². The molecule has 0 saturated carbocycles. The van der Waals surface area contributed by atoms with Crippen molar-refractivity contribution >= 4 is 0 Å². The van der Waals surface area contributed by atoms with Crippen LogP contribution in [0.2, 0.25) is 0 Å². The molecule has 2 aromatic rings. The minimum absolute atomic E-state index is 0.296. The molecule has 0 radical (unpaired) electrons. The van der Waals surface area contributed by atoms with Crippen molar-refractivity contribution in [2.24, 2.45) is 5.11 Å². The summed E-state index contributed by atoms with van der Waals surface area (Å²) < 4.78 is 0. The third kappa shape index (κ3) is 1.95. The highest BCUT2D eigenvalue weighted by molar-refractivity contribution is 5.61. The first-order valence-corrected chi connectivity index (χ1v) is 4.35. The lowest BCUT2D eigenvalue weighted by atomic mass is 10.1. The van der Waals surface area contributed by atoms with Crippen LogP contribution in [-0.4, -0.2) is 15.2 Å². The molecular weight excluding hydrogens is 192 g/mol. The summed E-state index contributed by atoms with van der Waals surface area (Å²) in [7, 11) is 0. The number of pyridine rings is 1. The van der Waals surface area contributed by atoms with Crippen LogP contribution in [0.15, 0.2) is 35.8 Å². The Labute approximate surface area is 85.6 Å². The molecule has 0 fully saturated rings. The van der Waals surface area contributed by atoms with Crippen molar-refractivity contribution in [1.29, 1.82) is 0 Å². The molecule has 0 amide bonds. The number of nitrogens with zero attached hydrogens (tertiary/aromatic N) is 5. The molecule has 0 aromatic carbocycles. The molecule has 2 rings (SSSR count). The number of rotatable bonds is 3. The van der Waals surface area contributed by atoms with Gasteiger partial charge in [-0.3, -0.25) is 10.1 Å². The molecule has 2 heterocycles. The number of aromatic nitrogens is 3.